The summed E-state index contributed by atoms with van der Waals surface area (Å²) in [6, 6.07) is 9.59. The SMILES string of the molecule is O=S1(=O)CC2COC(c3ccccc3)O[C@H]2CO1. The molecule has 0 saturated carbocycles. The van der Waals surface area contributed by atoms with E-state index in [1.165, 1.54) is 0 Å². The molecule has 0 aromatic heterocycles. The number of rotatable bonds is 1. The molecule has 1 aromatic carbocycles. The van der Waals surface area contributed by atoms with Crippen molar-refractivity contribution in [2.24, 2.45) is 5.92 Å². The van der Waals surface area contributed by atoms with E-state index in [0.29, 0.717) is 6.61 Å². The number of fused-ring (bicyclic) bond motifs is 1. The second-order valence-electron chi connectivity index (χ2n) is 4.52. The second-order valence-corrected chi connectivity index (χ2v) is 6.20. The normalized spacial score (nSPS) is 34.8. The maximum atomic E-state index is 11.3. The van der Waals surface area contributed by atoms with Gasteiger partial charge < -0.3 is 9.47 Å². The Morgan fingerprint density at radius 3 is 2.67 bits per heavy atom. The molecule has 5 nitrogen and oxygen atoms in total. The Hall–Kier alpha value is -0.950. The zero-order valence-corrected chi connectivity index (χ0v) is 10.5. The Labute approximate surface area is 106 Å². The third-order valence-corrected chi connectivity index (χ3v) is 4.52. The van der Waals surface area contributed by atoms with E-state index >= 15 is 0 Å². The summed E-state index contributed by atoms with van der Waals surface area (Å²) in [7, 11) is -3.40. The molecule has 3 rings (SSSR count). The quantitative estimate of drug-likeness (QED) is 0.714. The van der Waals surface area contributed by atoms with Crippen molar-refractivity contribution in [2.45, 2.75) is 12.4 Å². The standard InChI is InChI=1S/C12H14O5S/c13-18(14)8-10-6-15-12(17-11(10)7-16-18)9-4-2-1-3-5-9/h1-5,10-12H,6-8H2/t10?,11-,12?/m0/s1. The number of hydrogen-bond acceptors (Lipinski definition) is 5. The lowest BCUT2D eigenvalue weighted by Gasteiger charge is -2.38. The summed E-state index contributed by atoms with van der Waals surface area (Å²) in [5.74, 6) is -0.164. The highest BCUT2D eigenvalue weighted by Crippen LogP contribution is 2.32. The average molecular weight is 270 g/mol. The first-order valence-electron chi connectivity index (χ1n) is 5.83. The van der Waals surface area contributed by atoms with Crippen LogP contribution in [-0.2, 0) is 23.8 Å². The van der Waals surface area contributed by atoms with Crippen LogP contribution >= 0.6 is 0 Å². The Balaban J connectivity index is 1.72. The van der Waals surface area contributed by atoms with E-state index in [-0.39, 0.29) is 24.4 Å². The van der Waals surface area contributed by atoms with Gasteiger partial charge in [0, 0.05) is 11.5 Å². The molecule has 2 aliphatic heterocycles. The van der Waals surface area contributed by atoms with Crippen molar-refractivity contribution in [2.75, 3.05) is 19.0 Å². The van der Waals surface area contributed by atoms with Crippen LogP contribution < -0.4 is 0 Å². The van der Waals surface area contributed by atoms with E-state index in [1.807, 2.05) is 30.3 Å². The summed E-state index contributed by atoms with van der Waals surface area (Å²) in [5.41, 5.74) is 0.935. The molecule has 18 heavy (non-hydrogen) atoms. The molecule has 1 aromatic rings. The zero-order valence-electron chi connectivity index (χ0n) is 9.69. The monoisotopic (exact) mass is 270 g/mol. The van der Waals surface area contributed by atoms with Gasteiger partial charge in [-0.05, 0) is 0 Å². The van der Waals surface area contributed by atoms with Gasteiger partial charge in [-0.1, -0.05) is 30.3 Å². The van der Waals surface area contributed by atoms with Crippen LogP contribution in [-0.4, -0.2) is 33.5 Å². The van der Waals surface area contributed by atoms with Crippen LogP contribution in [0.2, 0.25) is 0 Å². The molecular formula is C12H14O5S. The molecule has 2 fully saturated rings. The Morgan fingerprint density at radius 2 is 1.89 bits per heavy atom. The van der Waals surface area contributed by atoms with E-state index in [1.54, 1.807) is 0 Å². The second kappa shape index (κ2) is 4.62. The molecule has 3 atom stereocenters. The highest BCUT2D eigenvalue weighted by Gasteiger charge is 2.40. The van der Waals surface area contributed by atoms with E-state index in [0.717, 1.165) is 5.56 Å². The van der Waals surface area contributed by atoms with Crippen molar-refractivity contribution < 1.29 is 22.1 Å². The van der Waals surface area contributed by atoms with Crippen LogP contribution in [0.1, 0.15) is 11.9 Å². The molecule has 0 amide bonds. The minimum absolute atomic E-state index is 0.0286. The first kappa shape index (κ1) is 12.1. The zero-order chi connectivity index (χ0) is 12.6. The van der Waals surface area contributed by atoms with Crippen LogP contribution in [0.15, 0.2) is 30.3 Å². The fourth-order valence-corrected chi connectivity index (χ4v) is 3.50. The summed E-state index contributed by atoms with van der Waals surface area (Å²) in [6.45, 7) is 0.465. The number of ether oxygens (including phenoxy) is 2. The molecule has 0 N–H and O–H groups in total. The van der Waals surface area contributed by atoms with Gasteiger partial charge in [0.2, 0.25) is 0 Å². The molecule has 0 aliphatic carbocycles. The third kappa shape index (κ3) is 2.42. The van der Waals surface area contributed by atoms with Gasteiger partial charge in [-0.2, -0.15) is 8.42 Å². The molecule has 0 radical (unpaired) electrons. The first-order chi connectivity index (χ1) is 8.64. The maximum Gasteiger partial charge on any atom is 0.267 e. The van der Waals surface area contributed by atoms with Crippen molar-refractivity contribution in [1.29, 1.82) is 0 Å². The topological polar surface area (TPSA) is 61.8 Å². The lowest BCUT2D eigenvalue weighted by molar-refractivity contribution is -0.246. The summed E-state index contributed by atoms with van der Waals surface area (Å²) in [5, 5.41) is 0. The molecule has 2 aliphatic rings. The lowest BCUT2D eigenvalue weighted by Crippen LogP contribution is -2.47. The van der Waals surface area contributed by atoms with Crippen molar-refractivity contribution in [3.8, 4) is 0 Å². The maximum absolute atomic E-state index is 11.3. The third-order valence-electron chi connectivity index (χ3n) is 3.19. The molecule has 0 spiro atoms. The smallest absolute Gasteiger partial charge is 0.267 e. The summed E-state index contributed by atoms with van der Waals surface area (Å²) in [4.78, 5) is 0. The fraction of sp³-hybridized carbons (Fsp3) is 0.500. The van der Waals surface area contributed by atoms with Crippen molar-refractivity contribution in [1.82, 2.24) is 0 Å². The van der Waals surface area contributed by atoms with Crippen LogP contribution in [0.25, 0.3) is 0 Å². The Bertz CT molecular complexity index is 513. The predicted molar refractivity (Wildman–Crippen MR) is 63.2 cm³/mol. The molecule has 0 bridgehead atoms. The van der Waals surface area contributed by atoms with Crippen LogP contribution in [0.4, 0.5) is 0 Å². The van der Waals surface area contributed by atoms with E-state index in [4.69, 9.17) is 13.7 Å². The van der Waals surface area contributed by atoms with E-state index in [9.17, 15) is 8.42 Å². The Morgan fingerprint density at radius 1 is 1.11 bits per heavy atom. The Kier molecular flexibility index (Phi) is 3.11. The van der Waals surface area contributed by atoms with Crippen LogP contribution in [0.3, 0.4) is 0 Å². The minimum Gasteiger partial charge on any atom is -0.348 e. The number of benzene rings is 1. The fourth-order valence-electron chi connectivity index (χ4n) is 2.22. The molecule has 2 heterocycles. The highest BCUT2D eigenvalue weighted by molar-refractivity contribution is 7.86. The lowest BCUT2D eigenvalue weighted by atomic mass is 10.0. The summed E-state index contributed by atoms with van der Waals surface area (Å²) >= 11 is 0. The van der Waals surface area contributed by atoms with Gasteiger partial charge in [0.25, 0.3) is 10.1 Å². The van der Waals surface area contributed by atoms with Crippen molar-refractivity contribution in [3.05, 3.63) is 35.9 Å². The molecule has 2 saturated heterocycles. The van der Waals surface area contributed by atoms with Crippen LogP contribution in [0, 0.1) is 5.92 Å². The molecular weight excluding hydrogens is 256 g/mol. The van der Waals surface area contributed by atoms with Gasteiger partial charge >= 0.3 is 0 Å². The number of hydrogen-bond donors (Lipinski definition) is 0. The van der Waals surface area contributed by atoms with Gasteiger partial charge in [-0.25, -0.2) is 0 Å². The van der Waals surface area contributed by atoms with Gasteiger partial charge in [-0.3, -0.25) is 4.18 Å². The average Bonchev–Trinajstić information content (AvgIpc) is 2.38. The van der Waals surface area contributed by atoms with E-state index < -0.39 is 16.4 Å². The van der Waals surface area contributed by atoms with Gasteiger partial charge in [-0.15, -0.1) is 0 Å². The molecule has 98 valence electrons. The van der Waals surface area contributed by atoms with E-state index in [2.05, 4.69) is 0 Å². The minimum atomic E-state index is -3.40. The van der Waals surface area contributed by atoms with Gasteiger partial charge in [0.15, 0.2) is 6.29 Å². The summed E-state index contributed by atoms with van der Waals surface area (Å²) in [6.07, 6.45) is -0.649. The first-order valence-corrected chi connectivity index (χ1v) is 7.41. The van der Waals surface area contributed by atoms with Gasteiger partial charge in [0.1, 0.15) is 0 Å². The van der Waals surface area contributed by atoms with Crippen molar-refractivity contribution >= 4 is 10.1 Å². The largest absolute Gasteiger partial charge is 0.348 e. The van der Waals surface area contributed by atoms with Crippen LogP contribution in [0.5, 0.6) is 0 Å². The van der Waals surface area contributed by atoms with Crippen molar-refractivity contribution in [3.63, 3.8) is 0 Å². The van der Waals surface area contributed by atoms with Gasteiger partial charge in [0.05, 0.1) is 25.1 Å². The molecule has 2 unspecified atom stereocenters. The molecule has 6 heteroatoms. The highest BCUT2D eigenvalue weighted by atomic mass is 32.2. The summed E-state index contributed by atoms with van der Waals surface area (Å²) < 4.78 is 38.8. The predicted octanol–water partition coefficient (Wildman–Crippen LogP) is 1.08.